The van der Waals surface area contributed by atoms with E-state index >= 15 is 0 Å². The summed E-state index contributed by atoms with van der Waals surface area (Å²) in [7, 11) is 0. The molecule has 0 spiro atoms. The second-order valence-corrected chi connectivity index (χ2v) is 8.01. The summed E-state index contributed by atoms with van der Waals surface area (Å²) in [5.41, 5.74) is 12.5. The molecular weight excluding hydrogens is 418 g/mol. The molecule has 0 unspecified atom stereocenters. The Kier molecular flexibility index (Phi) is 6.50. The van der Waals surface area contributed by atoms with Gasteiger partial charge in [0.15, 0.2) is 0 Å². The maximum absolute atomic E-state index is 8.79. The third-order valence-corrected chi connectivity index (χ3v) is 6.03. The lowest BCUT2D eigenvalue weighted by atomic mass is 9.99. The number of rotatable bonds is 7. The van der Waals surface area contributed by atoms with E-state index in [1.165, 1.54) is 16.5 Å². The Morgan fingerprint density at radius 3 is 2.62 bits per heavy atom. The maximum Gasteiger partial charge on any atom is 0.143 e. The van der Waals surface area contributed by atoms with Crippen LogP contribution < -0.4 is 5.73 Å². The van der Waals surface area contributed by atoms with E-state index in [0.717, 1.165) is 58.9 Å². The molecule has 0 radical (unpaired) electrons. The minimum absolute atomic E-state index is 0. The van der Waals surface area contributed by atoms with Crippen molar-refractivity contribution in [1.82, 2.24) is 4.57 Å². The van der Waals surface area contributed by atoms with Gasteiger partial charge in [0.05, 0.1) is 6.07 Å². The summed E-state index contributed by atoms with van der Waals surface area (Å²) in [6.07, 6.45) is 5.62. The zero-order chi connectivity index (χ0) is 21.2. The third-order valence-electron chi connectivity index (χ3n) is 6.03. The van der Waals surface area contributed by atoms with E-state index in [9.17, 15) is 0 Å². The molecule has 2 N–H and O–H groups in total. The number of hydrogen-bond donors (Lipinski definition) is 1. The third kappa shape index (κ3) is 3.86. The lowest BCUT2D eigenvalue weighted by Crippen LogP contribution is -2.02. The van der Waals surface area contributed by atoms with Gasteiger partial charge in [0.2, 0.25) is 0 Å². The summed E-state index contributed by atoms with van der Waals surface area (Å²) < 4.78 is 8.57. The number of aromatic nitrogens is 1. The topological polar surface area (TPSA) is 67.9 Å². The average molecular weight is 444 g/mol. The molecule has 162 valence electrons. The quantitative estimate of drug-likeness (QED) is 0.280. The van der Waals surface area contributed by atoms with Crippen molar-refractivity contribution in [3.05, 3.63) is 72.4 Å². The van der Waals surface area contributed by atoms with Crippen LogP contribution in [0.1, 0.15) is 24.8 Å². The molecular formula is C27H26ClN3O. The molecule has 32 heavy (non-hydrogen) atoms. The van der Waals surface area contributed by atoms with E-state index in [-0.39, 0.29) is 12.4 Å². The van der Waals surface area contributed by atoms with Gasteiger partial charge >= 0.3 is 0 Å². The van der Waals surface area contributed by atoms with Crippen molar-refractivity contribution in [3.8, 4) is 17.2 Å². The molecule has 0 saturated carbocycles. The Hall–Kier alpha value is -3.26. The molecule has 5 aromatic rings. The summed E-state index contributed by atoms with van der Waals surface area (Å²) in [6, 6.07) is 23.4. The molecule has 0 fully saturated rings. The Labute approximate surface area is 193 Å². The van der Waals surface area contributed by atoms with Crippen LogP contribution in [0.2, 0.25) is 0 Å². The van der Waals surface area contributed by atoms with Crippen LogP contribution in [0, 0.1) is 11.3 Å². The highest BCUT2D eigenvalue weighted by Crippen LogP contribution is 2.37. The number of nitriles is 1. The number of para-hydroxylation sites is 2. The molecule has 0 saturated heterocycles. The Morgan fingerprint density at radius 1 is 0.938 bits per heavy atom. The van der Waals surface area contributed by atoms with Gasteiger partial charge in [-0.1, -0.05) is 42.5 Å². The van der Waals surface area contributed by atoms with E-state index in [4.69, 9.17) is 15.4 Å². The molecule has 0 aliphatic heterocycles. The van der Waals surface area contributed by atoms with Crippen molar-refractivity contribution in [2.45, 2.75) is 32.2 Å². The number of halogens is 1. The molecule has 0 amide bonds. The van der Waals surface area contributed by atoms with Gasteiger partial charge < -0.3 is 14.7 Å². The predicted molar refractivity (Wildman–Crippen MR) is 134 cm³/mol. The number of aryl methyl sites for hydroxylation is 1. The Bertz CT molecular complexity index is 1420. The molecule has 0 atom stereocenters. The zero-order valence-electron chi connectivity index (χ0n) is 17.9. The molecule has 2 aromatic heterocycles. The van der Waals surface area contributed by atoms with Gasteiger partial charge in [-0.25, -0.2) is 0 Å². The highest BCUT2D eigenvalue weighted by Gasteiger charge is 2.14. The first kappa shape index (κ1) is 22.0. The van der Waals surface area contributed by atoms with E-state index in [1.807, 2.05) is 12.1 Å². The van der Waals surface area contributed by atoms with Crippen molar-refractivity contribution in [2.75, 3.05) is 6.54 Å². The first-order valence-electron chi connectivity index (χ1n) is 10.9. The fourth-order valence-corrected chi connectivity index (χ4v) is 4.54. The van der Waals surface area contributed by atoms with Crippen molar-refractivity contribution < 1.29 is 4.42 Å². The van der Waals surface area contributed by atoms with Gasteiger partial charge in [-0.3, -0.25) is 0 Å². The highest BCUT2D eigenvalue weighted by molar-refractivity contribution is 6.10. The van der Waals surface area contributed by atoms with E-state index in [1.54, 1.807) is 0 Å². The molecule has 0 bridgehead atoms. The number of nitrogens with zero attached hydrogens (tertiary/aromatic N) is 2. The number of hydrogen-bond acceptors (Lipinski definition) is 3. The van der Waals surface area contributed by atoms with Gasteiger partial charge in [0.1, 0.15) is 11.2 Å². The van der Waals surface area contributed by atoms with Crippen LogP contribution in [0.5, 0.6) is 0 Å². The highest BCUT2D eigenvalue weighted by atomic mass is 35.5. The Balaban J connectivity index is 0.00000245. The number of benzene rings is 3. The number of unbranched alkanes of at least 4 members (excludes halogenated alkanes) is 2. The minimum atomic E-state index is 0. The first-order valence-corrected chi connectivity index (χ1v) is 10.9. The molecule has 0 aliphatic rings. The Morgan fingerprint density at radius 2 is 1.78 bits per heavy atom. The van der Waals surface area contributed by atoms with Crippen LogP contribution in [0.15, 0.2) is 71.3 Å². The van der Waals surface area contributed by atoms with E-state index in [2.05, 4.69) is 65.4 Å². The second-order valence-electron chi connectivity index (χ2n) is 8.01. The summed E-state index contributed by atoms with van der Waals surface area (Å²) in [5.74, 6) is 0. The standard InChI is InChI=1S/C27H25N3O.ClH/c28-14-4-1-5-16-30-18-20(13-15-29)24-17-19(11-12-25(24)30)21-8-6-9-23-22-7-2-3-10-26(22)31-27(21)23;/h2-3,6-12,17-18H,1,4-5,13,15-16,29H2;1H. The minimum Gasteiger partial charge on any atom is -0.455 e. The van der Waals surface area contributed by atoms with Gasteiger partial charge in [0.25, 0.3) is 0 Å². The van der Waals surface area contributed by atoms with Gasteiger partial charge in [-0.15, -0.1) is 12.4 Å². The second kappa shape index (κ2) is 9.48. The summed E-state index contributed by atoms with van der Waals surface area (Å²) in [4.78, 5) is 0. The monoisotopic (exact) mass is 443 g/mol. The van der Waals surface area contributed by atoms with Gasteiger partial charge in [-0.2, -0.15) is 5.26 Å². The normalized spacial score (nSPS) is 11.1. The molecule has 3 aromatic carbocycles. The van der Waals surface area contributed by atoms with Crippen LogP contribution in [-0.2, 0) is 13.0 Å². The van der Waals surface area contributed by atoms with E-state index < -0.39 is 0 Å². The number of nitrogens with two attached hydrogens (primary N) is 1. The fraction of sp³-hybridized carbons (Fsp3) is 0.222. The molecule has 0 aliphatic carbocycles. The van der Waals surface area contributed by atoms with Crippen LogP contribution >= 0.6 is 12.4 Å². The van der Waals surface area contributed by atoms with Gasteiger partial charge in [0, 0.05) is 46.4 Å². The fourth-order valence-electron chi connectivity index (χ4n) is 4.54. The van der Waals surface area contributed by atoms with Crippen molar-refractivity contribution in [3.63, 3.8) is 0 Å². The summed E-state index contributed by atoms with van der Waals surface area (Å²) in [6.45, 7) is 1.54. The van der Waals surface area contributed by atoms with Crippen LogP contribution in [0.4, 0.5) is 0 Å². The summed E-state index contributed by atoms with van der Waals surface area (Å²) in [5, 5.41) is 12.3. The first-order chi connectivity index (χ1) is 15.3. The van der Waals surface area contributed by atoms with E-state index in [0.29, 0.717) is 13.0 Å². The van der Waals surface area contributed by atoms with Crippen molar-refractivity contribution in [2.24, 2.45) is 5.73 Å². The number of furan rings is 1. The molecule has 5 heteroatoms. The smallest absolute Gasteiger partial charge is 0.143 e. The SMILES string of the molecule is Cl.N#CCCCCn1cc(CCN)c2cc(-c3cccc4c3oc3ccccc34)ccc21. The largest absolute Gasteiger partial charge is 0.455 e. The van der Waals surface area contributed by atoms with Crippen LogP contribution in [0.3, 0.4) is 0 Å². The summed E-state index contributed by atoms with van der Waals surface area (Å²) >= 11 is 0. The molecule has 4 nitrogen and oxygen atoms in total. The van der Waals surface area contributed by atoms with Crippen LogP contribution in [0.25, 0.3) is 44.0 Å². The van der Waals surface area contributed by atoms with Crippen LogP contribution in [-0.4, -0.2) is 11.1 Å². The molecule has 2 heterocycles. The lowest BCUT2D eigenvalue weighted by molar-refractivity contribution is 0.630. The predicted octanol–water partition coefficient (Wildman–Crippen LogP) is 6.82. The molecule has 5 rings (SSSR count). The number of fused-ring (bicyclic) bond motifs is 4. The maximum atomic E-state index is 8.79. The van der Waals surface area contributed by atoms with Crippen molar-refractivity contribution in [1.29, 1.82) is 5.26 Å². The zero-order valence-corrected chi connectivity index (χ0v) is 18.7. The lowest BCUT2D eigenvalue weighted by Gasteiger charge is -2.07. The van der Waals surface area contributed by atoms with Crippen molar-refractivity contribution >= 4 is 45.2 Å². The average Bonchev–Trinajstić information content (AvgIpc) is 3.35. The van der Waals surface area contributed by atoms with Gasteiger partial charge in [-0.05, 0) is 55.1 Å².